The number of anilines is 2. The summed E-state index contributed by atoms with van der Waals surface area (Å²) in [6.45, 7) is 4.02. The summed E-state index contributed by atoms with van der Waals surface area (Å²) < 4.78 is 0.957. The Hall–Kier alpha value is -0.740. The van der Waals surface area contributed by atoms with Crippen LogP contribution in [0.4, 0.5) is 11.4 Å². The van der Waals surface area contributed by atoms with Gasteiger partial charge in [-0.05, 0) is 32.0 Å². The van der Waals surface area contributed by atoms with E-state index in [1.807, 2.05) is 44.0 Å². The van der Waals surface area contributed by atoms with Gasteiger partial charge in [-0.2, -0.15) is 0 Å². The van der Waals surface area contributed by atoms with Crippen molar-refractivity contribution in [3.05, 3.63) is 22.7 Å². The summed E-state index contributed by atoms with van der Waals surface area (Å²) in [4.78, 5) is 1.98. The van der Waals surface area contributed by atoms with Crippen LogP contribution in [0.25, 0.3) is 0 Å². The Bertz CT molecular complexity index is 352. The van der Waals surface area contributed by atoms with Crippen molar-refractivity contribution in [2.24, 2.45) is 0 Å². The van der Waals surface area contributed by atoms with Gasteiger partial charge in [-0.25, -0.2) is 0 Å². The summed E-state index contributed by atoms with van der Waals surface area (Å²) in [5.74, 6) is 0. The van der Waals surface area contributed by atoms with E-state index in [0.717, 1.165) is 10.2 Å². The molecule has 0 heterocycles. The Morgan fingerprint density at radius 3 is 2.53 bits per heavy atom. The van der Waals surface area contributed by atoms with Gasteiger partial charge < -0.3 is 15.7 Å². The molecule has 0 atom stereocenters. The van der Waals surface area contributed by atoms with Crippen molar-refractivity contribution in [3.63, 3.8) is 0 Å². The minimum Gasteiger partial charge on any atom is -0.397 e. The average molecular weight is 273 g/mol. The Morgan fingerprint density at radius 2 is 2.07 bits per heavy atom. The third-order valence-corrected chi connectivity index (χ3v) is 3.14. The van der Waals surface area contributed by atoms with E-state index in [2.05, 4.69) is 15.9 Å². The number of nitrogen functional groups attached to an aromatic ring is 1. The second-order valence-corrected chi connectivity index (χ2v) is 5.15. The molecule has 1 aromatic rings. The molecule has 0 aromatic heterocycles. The number of aliphatic hydroxyl groups excluding tert-OH is 1. The molecule has 15 heavy (non-hydrogen) atoms. The molecule has 0 saturated carbocycles. The molecule has 84 valence electrons. The Balaban J connectivity index is 3.06. The van der Waals surface area contributed by atoms with Crippen LogP contribution in [0.3, 0.4) is 0 Å². The number of rotatable bonds is 3. The summed E-state index contributed by atoms with van der Waals surface area (Å²) in [7, 11) is 1.93. The highest BCUT2D eigenvalue weighted by molar-refractivity contribution is 9.10. The minimum absolute atomic E-state index is 0.0823. The van der Waals surface area contributed by atoms with Crippen LogP contribution in [0.1, 0.15) is 13.8 Å². The monoisotopic (exact) mass is 272 g/mol. The van der Waals surface area contributed by atoms with Crippen LogP contribution >= 0.6 is 15.9 Å². The summed E-state index contributed by atoms with van der Waals surface area (Å²) in [6, 6.07) is 5.74. The first-order chi connectivity index (χ1) is 6.88. The van der Waals surface area contributed by atoms with Gasteiger partial charge in [0, 0.05) is 11.5 Å². The maximum absolute atomic E-state index is 9.28. The molecule has 1 rings (SSSR count). The highest BCUT2D eigenvalue weighted by Gasteiger charge is 2.23. The van der Waals surface area contributed by atoms with Gasteiger partial charge in [0.05, 0.1) is 23.5 Å². The molecule has 0 bridgehead atoms. The van der Waals surface area contributed by atoms with Crippen molar-refractivity contribution < 1.29 is 5.11 Å². The first-order valence-corrected chi connectivity index (χ1v) is 5.57. The zero-order chi connectivity index (χ0) is 11.6. The van der Waals surface area contributed by atoms with Crippen LogP contribution in [0, 0.1) is 0 Å². The molecule has 0 aliphatic rings. The van der Waals surface area contributed by atoms with Gasteiger partial charge in [0.2, 0.25) is 0 Å². The topological polar surface area (TPSA) is 49.5 Å². The normalized spacial score (nSPS) is 11.5. The van der Waals surface area contributed by atoms with Crippen LogP contribution in [-0.2, 0) is 0 Å². The van der Waals surface area contributed by atoms with Crippen LogP contribution in [0.5, 0.6) is 0 Å². The number of halogens is 1. The summed E-state index contributed by atoms with van der Waals surface area (Å²) in [6.07, 6.45) is 0. The third kappa shape index (κ3) is 2.63. The lowest BCUT2D eigenvalue weighted by molar-refractivity contribution is 0.216. The molecule has 0 unspecified atom stereocenters. The predicted octanol–water partition coefficient (Wildman–Crippen LogP) is 2.24. The average Bonchev–Trinajstić information content (AvgIpc) is 2.17. The molecule has 0 saturated heterocycles. The van der Waals surface area contributed by atoms with E-state index in [4.69, 9.17) is 5.73 Å². The standard InChI is InChI=1S/C11H17BrN2O/c1-11(2,7-15)14(3)10-5-4-8(12)6-9(10)13/h4-6,15H,7,13H2,1-3H3. The van der Waals surface area contributed by atoms with Crippen LogP contribution < -0.4 is 10.6 Å². The highest BCUT2D eigenvalue weighted by Crippen LogP contribution is 2.30. The number of hydrogen-bond donors (Lipinski definition) is 2. The molecule has 0 aliphatic carbocycles. The number of hydrogen-bond acceptors (Lipinski definition) is 3. The summed E-state index contributed by atoms with van der Waals surface area (Å²) in [5.41, 5.74) is 7.23. The van der Waals surface area contributed by atoms with Gasteiger partial charge in [0.25, 0.3) is 0 Å². The van der Waals surface area contributed by atoms with E-state index in [1.54, 1.807) is 0 Å². The van der Waals surface area contributed by atoms with Gasteiger partial charge in [0.1, 0.15) is 0 Å². The lowest BCUT2D eigenvalue weighted by Gasteiger charge is -2.36. The van der Waals surface area contributed by atoms with E-state index in [-0.39, 0.29) is 12.1 Å². The Labute approximate surface area is 99.0 Å². The maximum Gasteiger partial charge on any atom is 0.0658 e. The summed E-state index contributed by atoms with van der Waals surface area (Å²) in [5, 5.41) is 9.28. The smallest absolute Gasteiger partial charge is 0.0658 e. The zero-order valence-electron chi connectivity index (χ0n) is 9.29. The van der Waals surface area contributed by atoms with Crippen LogP contribution in [-0.4, -0.2) is 24.3 Å². The van der Waals surface area contributed by atoms with E-state index in [9.17, 15) is 5.11 Å². The van der Waals surface area contributed by atoms with Gasteiger partial charge in [-0.15, -0.1) is 0 Å². The van der Waals surface area contributed by atoms with Gasteiger partial charge in [-0.3, -0.25) is 0 Å². The first kappa shape index (κ1) is 12.3. The number of aliphatic hydroxyl groups is 1. The fourth-order valence-electron chi connectivity index (χ4n) is 1.26. The number of nitrogens with zero attached hydrogens (tertiary/aromatic N) is 1. The predicted molar refractivity (Wildman–Crippen MR) is 68.1 cm³/mol. The number of benzene rings is 1. The maximum atomic E-state index is 9.28. The molecule has 0 fully saturated rings. The Kier molecular flexibility index (Phi) is 3.62. The molecule has 0 aliphatic heterocycles. The van der Waals surface area contributed by atoms with Gasteiger partial charge in [0.15, 0.2) is 0 Å². The van der Waals surface area contributed by atoms with Gasteiger partial charge in [-0.1, -0.05) is 15.9 Å². The lowest BCUT2D eigenvalue weighted by atomic mass is 10.0. The molecule has 1 aromatic carbocycles. The van der Waals surface area contributed by atoms with Crippen molar-refractivity contribution in [3.8, 4) is 0 Å². The van der Waals surface area contributed by atoms with Crippen LogP contribution in [0.2, 0.25) is 0 Å². The largest absolute Gasteiger partial charge is 0.397 e. The third-order valence-electron chi connectivity index (χ3n) is 2.65. The van der Waals surface area contributed by atoms with Crippen LogP contribution in [0.15, 0.2) is 22.7 Å². The molecule has 0 radical (unpaired) electrons. The second kappa shape index (κ2) is 4.41. The quantitative estimate of drug-likeness (QED) is 0.830. The van der Waals surface area contributed by atoms with Crippen molar-refractivity contribution in [2.75, 3.05) is 24.3 Å². The van der Waals surface area contributed by atoms with E-state index >= 15 is 0 Å². The van der Waals surface area contributed by atoms with Crippen molar-refractivity contribution in [1.29, 1.82) is 0 Å². The SMILES string of the molecule is CN(c1ccc(Br)cc1N)C(C)(C)CO. The molecule has 3 nitrogen and oxygen atoms in total. The van der Waals surface area contributed by atoms with Gasteiger partial charge >= 0.3 is 0 Å². The van der Waals surface area contributed by atoms with E-state index in [0.29, 0.717) is 5.69 Å². The first-order valence-electron chi connectivity index (χ1n) is 4.78. The zero-order valence-corrected chi connectivity index (χ0v) is 10.9. The fraction of sp³-hybridized carbons (Fsp3) is 0.455. The van der Waals surface area contributed by atoms with Crippen molar-refractivity contribution in [1.82, 2.24) is 0 Å². The lowest BCUT2D eigenvalue weighted by Crippen LogP contribution is -2.44. The van der Waals surface area contributed by atoms with E-state index < -0.39 is 0 Å². The second-order valence-electron chi connectivity index (χ2n) is 4.23. The number of likely N-dealkylation sites (N-methyl/N-ethyl adjacent to an activating group) is 1. The summed E-state index contributed by atoms with van der Waals surface area (Å²) >= 11 is 3.37. The molecule has 3 N–H and O–H groups in total. The fourth-order valence-corrected chi connectivity index (χ4v) is 1.64. The molecular formula is C11H17BrN2O. The Morgan fingerprint density at radius 1 is 1.47 bits per heavy atom. The molecule has 0 spiro atoms. The number of nitrogens with two attached hydrogens (primary N) is 1. The molecule has 4 heteroatoms. The minimum atomic E-state index is -0.318. The van der Waals surface area contributed by atoms with Crippen molar-refractivity contribution >= 4 is 27.3 Å². The molecule has 0 amide bonds. The highest BCUT2D eigenvalue weighted by atomic mass is 79.9. The van der Waals surface area contributed by atoms with E-state index in [1.165, 1.54) is 0 Å². The van der Waals surface area contributed by atoms with Crippen molar-refractivity contribution in [2.45, 2.75) is 19.4 Å². The molecular weight excluding hydrogens is 256 g/mol.